The summed E-state index contributed by atoms with van der Waals surface area (Å²) in [4.78, 5) is 37.7. The summed E-state index contributed by atoms with van der Waals surface area (Å²) < 4.78 is 5.10. The van der Waals surface area contributed by atoms with E-state index in [0.29, 0.717) is 12.8 Å². The Morgan fingerprint density at radius 1 is 0.442 bits per heavy atom. The number of Topliss-reactive ketones (excluding diaryl/α,β-unsaturated/α-hetero) is 1. The van der Waals surface area contributed by atoms with Crippen LogP contribution in [-0.4, -0.2) is 30.3 Å². The summed E-state index contributed by atoms with van der Waals surface area (Å²) in [6, 6.07) is -1.15. The molecule has 1 amide bonds. The molecule has 5 heteroatoms. The predicted octanol–water partition coefficient (Wildman–Crippen LogP) is 11.3. The molecule has 0 aromatic heterocycles. The van der Waals surface area contributed by atoms with Crippen molar-refractivity contribution >= 4 is 17.7 Å². The first-order valence-corrected chi connectivity index (χ1v) is 19.0. The summed E-state index contributed by atoms with van der Waals surface area (Å²) in [7, 11) is 0. The summed E-state index contributed by atoms with van der Waals surface area (Å²) in [5.74, 6) is -1.05. The zero-order chi connectivity index (χ0) is 31.6. The zero-order valence-corrected chi connectivity index (χ0v) is 29.1. The maximum absolute atomic E-state index is 12.8. The summed E-state index contributed by atoms with van der Waals surface area (Å²) in [5.41, 5.74) is 0. The van der Waals surface area contributed by atoms with E-state index in [0.717, 1.165) is 38.5 Å². The Balaban J connectivity index is 3.88. The summed E-state index contributed by atoms with van der Waals surface area (Å²) >= 11 is 0. The van der Waals surface area contributed by atoms with Gasteiger partial charge in [0.25, 0.3) is 0 Å². The van der Waals surface area contributed by atoms with Crippen molar-refractivity contribution in [3.05, 3.63) is 0 Å². The largest absolute Gasteiger partial charge is 0.464 e. The third kappa shape index (κ3) is 29.1. The highest BCUT2D eigenvalue weighted by Gasteiger charge is 2.28. The number of hydrogen-bond acceptors (Lipinski definition) is 4. The topological polar surface area (TPSA) is 72.5 Å². The quantitative estimate of drug-likeness (QED) is 0.0448. The number of carbonyl (C=O) groups is 3. The molecule has 254 valence electrons. The lowest BCUT2D eigenvalue weighted by Crippen LogP contribution is -2.47. The van der Waals surface area contributed by atoms with Gasteiger partial charge >= 0.3 is 5.97 Å². The number of rotatable bonds is 34. The van der Waals surface area contributed by atoms with Gasteiger partial charge in [-0.05, 0) is 19.8 Å². The van der Waals surface area contributed by atoms with Gasteiger partial charge in [-0.1, -0.05) is 181 Å². The third-order valence-corrected chi connectivity index (χ3v) is 8.68. The van der Waals surface area contributed by atoms with Gasteiger partial charge in [0, 0.05) is 12.8 Å². The number of hydrogen-bond donors (Lipinski definition) is 1. The van der Waals surface area contributed by atoms with Gasteiger partial charge in [0.05, 0.1) is 6.61 Å². The fourth-order valence-corrected chi connectivity index (χ4v) is 5.85. The molecule has 0 rings (SSSR count). The van der Waals surface area contributed by atoms with Gasteiger partial charge in [0.2, 0.25) is 5.91 Å². The summed E-state index contributed by atoms with van der Waals surface area (Å²) in [5, 5.41) is 2.68. The van der Waals surface area contributed by atoms with Crippen molar-refractivity contribution in [3.8, 4) is 0 Å². The van der Waals surface area contributed by atoms with Crippen LogP contribution >= 0.6 is 0 Å². The second kappa shape index (κ2) is 33.5. The minimum Gasteiger partial charge on any atom is -0.464 e. The lowest BCUT2D eigenvalue weighted by atomic mass is 10.0. The molecule has 0 saturated heterocycles. The van der Waals surface area contributed by atoms with Crippen molar-refractivity contribution in [1.82, 2.24) is 5.32 Å². The van der Waals surface area contributed by atoms with Crippen LogP contribution in [0.5, 0.6) is 0 Å². The molecule has 5 nitrogen and oxygen atoms in total. The van der Waals surface area contributed by atoms with Gasteiger partial charge in [-0.25, -0.2) is 4.79 Å². The fourth-order valence-electron chi connectivity index (χ4n) is 5.85. The molecular formula is C38H73NO4. The van der Waals surface area contributed by atoms with Crippen LogP contribution in [0.25, 0.3) is 0 Å². The molecular weight excluding hydrogens is 534 g/mol. The monoisotopic (exact) mass is 608 g/mol. The van der Waals surface area contributed by atoms with Crippen molar-refractivity contribution in [2.75, 3.05) is 6.61 Å². The Morgan fingerprint density at radius 2 is 0.744 bits per heavy atom. The van der Waals surface area contributed by atoms with Crippen LogP contribution in [0.2, 0.25) is 0 Å². The molecule has 0 aliphatic carbocycles. The van der Waals surface area contributed by atoms with Gasteiger partial charge in [-0.2, -0.15) is 0 Å². The molecule has 1 N–H and O–H groups in total. The first kappa shape index (κ1) is 41.6. The Bertz CT molecular complexity index is 635. The molecule has 0 aromatic rings. The second-order valence-electron chi connectivity index (χ2n) is 12.9. The lowest BCUT2D eigenvalue weighted by molar-refractivity contribution is -0.150. The van der Waals surface area contributed by atoms with E-state index in [1.807, 2.05) is 0 Å². The first-order chi connectivity index (χ1) is 21.1. The van der Waals surface area contributed by atoms with E-state index in [9.17, 15) is 14.4 Å². The maximum Gasteiger partial charge on any atom is 0.336 e. The zero-order valence-electron chi connectivity index (χ0n) is 29.1. The van der Waals surface area contributed by atoms with E-state index in [-0.39, 0.29) is 18.3 Å². The van der Waals surface area contributed by atoms with E-state index in [1.54, 1.807) is 6.92 Å². The molecule has 1 unspecified atom stereocenters. The van der Waals surface area contributed by atoms with Gasteiger partial charge in [-0.15, -0.1) is 0 Å². The predicted molar refractivity (Wildman–Crippen MR) is 183 cm³/mol. The van der Waals surface area contributed by atoms with Gasteiger partial charge < -0.3 is 10.1 Å². The van der Waals surface area contributed by atoms with Crippen LogP contribution < -0.4 is 5.32 Å². The average Bonchev–Trinajstić information content (AvgIpc) is 3.00. The number of nitrogens with one attached hydrogen (secondary N) is 1. The van der Waals surface area contributed by atoms with Crippen molar-refractivity contribution < 1.29 is 19.1 Å². The normalized spacial score (nSPS) is 11.9. The molecule has 1 atom stereocenters. The number of carbonyl (C=O) groups excluding carboxylic acids is 3. The van der Waals surface area contributed by atoms with Crippen LogP contribution in [0, 0.1) is 0 Å². The average molecular weight is 608 g/mol. The van der Waals surface area contributed by atoms with Gasteiger partial charge in [0.15, 0.2) is 11.8 Å². The van der Waals surface area contributed by atoms with Crippen LogP contribution in [0.3, 0.4) is 0 Å². The minimum atomic E-state index is -1.15. The number of ether oxygens (including phenoxy) is 1. The third-order valence-electron chi connectivity index (χ3n) is 8.68. The molecule has 0 aliphatic heterocycles. The fraction of sp³-hybridized carbons (Fsp3) is 0.921. The Morgan fingerprint density at radius 3 is 1.07 bits per heavy atom. The molecule has 0 saturated carbocycles. The smallest absolute Gasteiger partial charge is 0.336 e. The highest BCUT2D eigenvalue weighted by Crippen LogP contribution is 2.15. The number of ketones is 1. The molecule has 0 radical (unpaired) electrons. The van der Waals surface area contributed by atoms with Gasteiger partial charge in [-0.3, -0.25) is 9.59 Å². The first-order valence-electron chi connectivity index (χ1n) is 19.0. The van der Waals surface area contributed by atoms with Crippen molar-refractivity contribution in [3.63, 3.8) is 0 Å². The van der Waals surface area contributed by atoms with Crippen LogP contribution in [0.4, 0.5) is 0 Å². The molecule has 0 aromatic carbocycles. The van der Waals surface area contributed by atoms with E-state index in [4.69, 9.17) is 4.74 Å². The number of unbranched alkanes of at least 4 members (excludes halogenated alkanes) is 26. The van der Waals surface area contributed by atoms with E-state index < -0.39 is 12.0 Å². The molecule has 0 bridgehead atoms. The summed E-state index contributed by atoms with van der Waals surface area (Å²) in [6.07, 6.45) is 36.1. The molecule has 0 aliphatic rings. The highest BCUT2D eigenvalue weighted by molar-refractivity contribution is 6.05. The maximum atomic E-state index is 12.8. The Hall–Kier alpha value is -1.39. The summed E-state index contributed by atoms with van der Waals surface area (Å²) in [6.45, 7) is 6.46. The molecule has 0 spiro atoms. The number of esters is 1. The minimum absolute atomic E-state index is 0.205. The number of amides is 1. The SMILES string of the molecule is CCCCCCCCCCCCCCCCCC(=O)NC(C(=O)CCCCCCCCCCCCCCC)C(=O)OCC. The second-order valence-corrected chi connectivity index (χ2v) is 12.9. The lowest BCUT2D eigenvalue weighted by Gasteiger charge is -2.16. The van der Waals surface area contributed by atoms with E-state index in [2.05, 4.69) is 19.2 Å². The van der Waals surface area contributed by atoms with Crippen molar-refractivity contribution in [2.24, 2.45) is 0 Å². The van der Waals surface area contributed by atoms with Crippen LogP contribution in [-0.2, 0) is 19.1 Å². The molecule has 43 heavy (non-hydrogen) atoms. The molecule has 0 heterocycles. The standard InChI is InChI=1S/C38H73NO4/c1-4-7-9-11-13-15-17-19-20-22-24-26-28-30-32-34-36(41)39-37(38(42)43-6-3)35(40)33-31-29-27-25-23-21-18-16-14-12-10-8-5-2/h37H,4-34H2,1-3H3,(H,39,41). The highest BCUT2D eigenvalue weighted by atomic mass is 16.5. The molecule has 0 fully saturated rings. The van der Waals surface area contributed by atoms with Crippen molar-refractivity contribution in [2.45, 2.75) is 219 Å². The van der Waals surface area contributed by atoms with E-state index in [1.165, 1.54) is 141 Å². The van der Waals surface area contributed by atoms with Crippen molar-refractivity contribution in [1.29, 1.82) is 0 Å². The Kier molecular flexibility index (Phi) is 32.4. The van der Waals surface area contributed by atoms with Crippen LogP contribution in [0.1, 0.15) is 213 Å². The van der Waals surface area contributed by atoms with E-state index >= 15 is 0 Å². The van der Waals surface area contributed by atoms with Gasteiger partial charge in [0.1, 0.15) is 0 Å². The van der Waals surface area contributed by atoms with Crippen LogP contribution in [0.15, 0.2) is 0 Å². The Labute approximate surface area is 267 Å².